The van der Waals surface area contributed by atoms with Crippen molar-refractivity contribution < 1.29 is 18.0 Å². The van der Waals surface area contributed by atoms with E-state index >= 15 is 0 Å². The van der Waals surface area contributed by atoms with Gasteiger partial charge in [0.2, 0.25) is 0 Å². The third-order valence-electron chi connectivity index (χ3n) is 2.44. The summed E-state index contributed by atoms with van der Waals surface area (Å²) >= 11 is 7.82. The molecule has 19 heavy (non-hydrogen) atoms. The van der Waals surface area contributed by atoms with E-state index in [1.54, 1.807) is 6.07 Å². The average molecular weight is 397 g/mol. The van der Waals surface area contributed by atoms with E-state index in [4.69, 9.17) is 11.6 Å². The van der Waals surface area contributed by atoms with E-state index in [1.165, 1.54) is 12.1 Å². The van der Waals surface area contributed by atoms with Gasteiger partial charge in [0.05, 0.1) is 10.6 Å². The fourth-order valence-electron chi connectivity index (χ4n) is 1.49. The number of carbonyl (C=O) groups is 1. The summed E-state index contributed by atoms with van der Waals surface area (Å²) < 4.78 is 40.1. The predicted octanol–water partition coefficient (Wildman–Crippen LogP) is 4.59. The van der Waals surface area contributed by atoms with Gasteiger partial charge in [0, 0.05) is 15.2 Å². The van der Waals surface area contributed by atoms with E-state index in [-0.39, 0.29) is 5.56 Å². The van der Waals surface area contributed by atoms with Crippen LogP contribution in [0, 0.1) is 21.0 Å². The van der Waals surface area contributed by atoms with E-state index in [0.29, 0.717) is 17.2 Å². The molecule has 0 saturated heterocycles. The molecule has 0 aliphatic heterocycles. The van der Waals surface area contributed by atoms with Crippen LogP contribution in [0.25, 0.3) is 0 Å². The molecule has 0 unspecified atom stereocenters. The lowest BCUT2D eigenvalue weighted by atomic mass is 10.0. The molecule has 0 atom stereocenters. The maximum absolute atomic E-state index is 13.5. The Bertz CT molecular complexity index is 673. The fourth-order valence-corrected chi connectivity index (χ4v) is 2.01. The molecule has 0 heterocycles. The minimum Gasteiger partial charge on any atom is -0.288 e. The molecule has 0 fully saturated rings. The van der Waals surface area contributed by atoms with Crippen LogP contribution in [0.5, 0.6) is 0 Å². The summed E-state index contributed by atoms with van der Waals surface area (Å²) in [5.41, 5.74) is -0.425. The molecule has 0 radical (unpaired) electrons. The quantitative estimate of drug-likeness (QED) is 0.412. The molecule has 0 N–H and O–H groups in total. The Morgan fingerprint density at radius 3 is 2.26 bits per heavy atom. The Hall–Kier alpha value is -1.08. The number of hydrogen-bond acceptors (Lipinski definition) is 1. The molecule has 0 aromatic heterocycles. The number of rotatable bonds is 2. The summed E-state index contributed by atoms with van der Waals surface area (Å²) in [6.07, 6.45) is 0. The third-order valence-corrected chi connectivity index (χ3v) is 4.01. The maximum atomic E-state index is 13.5. The van der Waals surface area contributed by atoms with Gasteiger partial charge in [-0.1, -0.05) is 11.6 Å². The van der Waals surface area contributed by atoms with Gasteiger partial charge in [0.15, 0.2) is 17.4 Å². The molecule has 0 bridgehead atoms. The second-order valence-electron chi connectivity index (χ2n) is 3.70. The molecule has 0 aliphatic rings. The number of hydrogen-bond donors (Lipinski definition) is 0. The molecule has 0 amide bonds. The van der Waals surface area contributed by atoms with Crippen molar-refractivity contribution in [2.45, 2.75) is 0 Å². The Balaban J connectivity index is 2.49. The van der Waals surface area contributed by atoms with Gasteiger partial charge in [-0.2, -0.15) is 0 Å². The van der Waals surface area contributed by atoms with Crippen LogP contribution in [-0.4, -0.2) is 5.78 Å². The van der Waals surface area contributed by atoms with E-state index in [1.807, 2.05) is 22.6 Å². The van der Waals surface area contributed by atoms with E-state index in [0.717, 1.165) is 3.57 Å². The van der Waals surface area contributed by atoms with Crippen LogP contribution < -0.4 is 0 Å². The number of benzene rings is 2. The van der Waals surface area contributed by atoms with Crippen LogP contribution in [0.2, 0.25) is 5.02 Å². The summed E-state index contributed by atoms with van der Waals surface area (Å²) in [6.45, 7) is 0. The smallest absolute Gasteiger partial charge is 0.196 e. The first-order chi connectivity index (χ1) is 8.90. The topological polar surface area (TPSA) is 17.1 Å². The Morgan fingerprint density at radius 2 is 1.63 bits per heavy atom. The monoisotopic (exact) mass is 396 g/mol. The van der Waals surface area contributed by atoms with Crippen LogP contribution in [0.1, 0.15) is 15.9 Å². The highest BCUT2D eigenvalue weighted by atomic mass is 127. The summed E-state index contributed by atoms with van der Waals surface area (Å²) in [5, 5.41) is 0.328. The largest absolute Gasteiger partial charge is 0.288 e. The number of ketones is 1. The van der Waals surface area contributed by atoms with E-state index < -0.39 is 28.8 Å². The molecule has 0 spiro atoms. The van der Waals surface area contributed by atoms with Crippen LogP contribution >= 0.6 is 34.2 Å². The number of halogens is 5. The molecule has 2 aromatic rings. The summed E-state index contributed by atoms with van der Waals surface area (Å²) in [4.78, 5) is 12.0. The first-order valence-corrected chi connectivity index (χ1v) is 6.50. The molecule has 6 heteroatoms. The van der Waals surface area contributed by atoms with Gasteiger partial charge >= 0.3 is 0 Å². The summed E-state index contributed by atoms with van der Waals surface area (Å²) in [6, 6.07) is 5.26. The molecule has 0 saturated carbocycles. The Morgan fingerprint density at radius 1 is 1.00 bits per heavy atom. The van der Waals surface area contributed by atoms with Gasteiger partial charge in [0.25, 0.3) is 0 Å². The fraction of sp³-hybridized carbons (Fsp3) is 0. The van der Waals surface area contributed by atoms with Gasteiger partial charge in [-0.15, -0.1) is 0 Å². The van der Waals surface area contributed by atoms with E-state index in [9.17, 15) is 18.0 Å². The average Bonchev–Trinajstić information content (AvgIpc) is 2.36. The zero-order chi connectivity index (χ0) is 14.2. The minimum absolute atomic E-state index is 0.107. The number of carbonyl (C=O) groups excluding carboxylic acids is 1. The Labute approximate surface area is 125 Å². The van der Waals surface area contributed by atoms with Gasteiger partial charge in [-0.3, -0.25) is 4.79 Å². The molecule has 98 valence electrons. The second-order valence-corrected chi connectivity index (χ2v) is 5.27. The highest BCUT2D eigenvalue weighted by molar-refractivity contribution is 14.1. The SMILES string of the molecule is O=C(c1ccc(I)c(Cl)c1)c1cc(F)c(F)cc1F. The zero-order valence-electron chi connectivity index (χ0n) is 9.18. The van der Waals surface area contributed by atoms with Crippen molar-refractivity contribution in [3.05, 3.63) is 67.5 Å². The van der Waals surface area contributed by atoms with Crippen LogP contribution in [0.3, 0.4) is 0 Å². The van der Waals surface area contributed by atoms with Crippen molar-refractivity contribution in [2.75, 3.05) is 0 Å². The lowest BCUT2D eigenvalue weighted by molar-refractivity contribution is 0.103. The summed E-state index contributed by atoms with van der Waals surface area (Å²) in [5.74, 6) is -4.48. The molecule has 2 rings (SSSR count). The molecule has 0 aliphatic carbocycles. The first kappa shape index (κ1) is 14.3. The molecular formula is C13H5ClF3IO. The Kier molecular flexibility index (Phi) is 4.15. The van der Waals surface area contributed by atoms with Gasteiger partial charge < -0.3 is 0 Å². The van der Waals surface area contributed by atoms with Crippen molar-refractivity contribution in [2.24, 2.45) is 0 Å². The van der Waals surface area contributed by atoms with Crippen molar-refractivity contribution >= 4 is 40.0 Å². The van der Waals surface area contributed by atoms with Crippen molar-refractivity contribution in [3.8, 4) is 0 Å². The zero-order valence-corrected chi connectivity index (χ0v) is 12.1. The highest BCUT2D eigenvalue weighted by Gasteiger charge is 2.18. The third kappa shape index (κ3) is 2.92. The lowest BCUT2D eigenvalue weighted by Crippen LogP contribution is -2.06. The van der Waals surface area contributed by atoms with Gasteiger partial charge in [-0.05, 0) is 46.9 Å². The normalized spacial score (nSPS) is 10.6. The summed E-state index contributed by atoms with van der Waals surface area (Å²) in [7, 11) is 0. The van der Waals surface area contributed by atoms with Gasteiger partial charge in [-0.25, -0.2) is 13.2 Å². The molecule has 1 nitrogen and oxygen atoms in total. The minimum atomic E-state index is -1.34. The predicted molar refractivity (Wildman–Crippen MR) is 73.9 cm³/mol. The molecular weight excluding hydrogens is 391 g/mol. The highest BCUT2D eigenvalue weighted by Crippen LogP contribution is 2.23. The van der Waals surface area contributed by atoms with Crippen molar-refractivity contribution in [1.82, 2.24) is 0 Å². The van der Waals surface area contributed by atoms with Crippen molar-refractivity contribution in [1.29, 1.82) is 0 Å². The lowest BCUT2D eigenvalue weighted by Gasteiger charge is -2.05. The molecule has 2 aromatic carbocycles. The van der Waals surface area contributed by atoms with Crippen LogP contribution in [-0.2, 0) is 0 Å². The van der Waals surface area contributed by atoms with Crippen LogP contribution in [0.4, 0.5) is 13.2 Å². The standard InChI is InChI=1S/C13H5ClF3IO/c14-8-3-6(1-2-12(8)18)13(19)7-4-10(16)11(17)5-9(7)15/h1-5H. The maximum Gasteiger partial charge on any atom is 0.196 e. The van der Waals surface area contributed by atoms with Crippen LogP contribution in [0.15, 0.2) is 30.3 Å². The van der Waals surface area contributed by atoms with Crippen molar-refractivity contribution in [3.63, 3.8) is 0 Å². The first-order valence-electron chi connectivity index (χ1n) is 5.04. The second kappa shape index (κ2) is 5.50. The van der Waals surface area contributed by atoms with Gasteiger partial charge in [0.1, 0.15) is 5.82 Å². The van der Waals surface area contributed by atoms with E-state index in [2.05, 4.69) is 0 Å².